The third-order valence-electron chi connectivity index (χ3n) is 4.09. The molecule has 0 fully saturated rings. The lowest BCUT2D eigenvalue weighted by Crippen LogP contribution is -2.31. The number of imidazole rings is 1. The Morgan fingerprint density at radius 1 is 1.17 bits per heavy atom. The second-order valence-corrected chi connectivity index (χ2v) is 5.44. The molecule has 1 aromatic heterocycles. The number of anilines is 1. The van der Waals surface area contributed by atoms with Crippen molar-refractivity contribution >= 4 is 23.1 Å². The van der Waals surface area contributed by atoms with Gasteiger partial charge in [-0.25, -0.2) is 4.98 Å². The number of rotatable bonds is 5. The zero-order chi connectivity index (χ0) is 17.7. The Hall–Kier alpha value is -2.21. The van der Waals surface area contributed by atoms with Crippen molar-refractivity contribution in [3.8, 4) is 0 Å². The average Bonchev–Trinajstić information content (AvgIpc) is 3.07. The molecule has 24 heavy (non-hydrogen) atoms. The highest BCUT2D eigenvalue weighted by atomic mass is 16.2. The number of carbonyl (C=O) groups excluding carboxylic acids is 2. The predicted molar refractivity (Wildman–Crippen MR) is 96.4 cm³/mol. The van der Waals surface area contributed by atoms with Crippen molar-refractivity contribution in [2.75, 3.05) is 31.6 Å². The van der Waals surface area contributed by atoms with E-state index in [-0.39, 0.29) is 0 Å². The molecule has 6 nitrogen and oxygen atoms in total. The van der Waals surface area contributed by atoms with Crippen LogP contribution in [0.3, 0.4) is 0 Å². The molecule has 0 saturated heterocycles. The van der Waals surface area contributed by atoms with Gasteiger partial charge in [0.25, 0.3) is 5.78 Å². The van der Waals surface area contributed by atoms with E-state index in [4.69, 9.17) is 0 Å². The van der Waals surface area contributed by atoms with Crippen LogP contribution in [0, 0.1) is 0 Å². The van der Waals surface area contributed by atoms with Crippen molar-refractivity contribution in [1.29, 1.82) is 0 Å². The maximum absolute atomic E-state index is 12.3. The van der Waals surface area contributed by atoms with Gasteiger partial charge in [0, 0.05) is 30.8 Å². The van der Waals surface area contributed by atoms with Crippen molar-refractivity contribution in [2.24, 2.45) is 0 Å². The number of fused-ring (bicyclic) bond motifs is 3. The van der Waals surface area contributed by atoms with Gasteiger partial charge in [-0.15, -0.1) is 0 Å². The molecule has 0 aliphatic heterocycles. The van der Waals surface area contributed by atoms with Crippen molar-refractivity contribution < 1.29 is 9.59 Å². The lowest BCUT2D eigenvalue weighted by atomic mass is 9.84. The molecular weight excluding hydrogens is 304 g/mol. The first-order chi connectivity index (χ1) is 11.7. The van der Waals surface area contributed by atoms with E-state index in [9.17, 15) is 9.59 Å². The fraction of sp³-hybridized carbons (Fsp3) is 0.500. The number of H-pyrrole nitrogens is 1. The molecule has 0 bridgehead atoms. The van der Waals surface area contributed by atoms with E-state index >= 15 is 0 Å². The Labute approximate surface area is 143 Å². The van der Waals surface area contributed by atoms with E-state index in [1.54, 1.807) is 0 Å². The normalized spacial score (nSPS) is 15.7. The molecule has 0 atom stereocenters. The number of aromatic amines is 1. The van der Waals surface area contributed by atoms with Gasteiger partial charge in [0.2, 0.25) is 11.7 Å². The van der Waals surface area contributed by atoms with Gasteiger partial charge in [-0.1, -0.05) is 26.0 Å². The fourth-order valence-electron chi connectivity index (χ4n) is 2.88. The predicted octanol–water partition coefficient (Wildman–Crippen LogP) is 2.35. The van der Waals surface area contributed by atoms with Crippen LogP contribution < -0.4 is 10.2 Å². The fourth-order valence-corrected chi connectivity index (χ4v) is 2.88. The Kier molecular flexibility index (Phi) is 6.09. The second-order valence-electron chi connectivity index (χ2n) is 5.44. The highest BCUT2D eigenvalue weighted by molar-refractivity contribution is 6.54. The smallest absolute Gasteiger partial charge is 0.251 e. The lowest BCUT2D eigenvalue weighted by Gasteiger charge is -2.19. The van der Waals surface area contributed by atoms with Crippen LogP contribution >= 0.6 is 0 Å². The van der Waals surface area contributed by atoms with Crippen LogP contribution in [0.5, 0.6) is 0 Å². The number of hydrogen-bond acceptors (Lipinski definition) is 5. The number of ketones is 2. The molecule has 1 heterocycles. The van der Waals surface area contributed by atoms with Crippen LogP contribution in [0.15, 0.2) is 17.7 Å². The molecule has 0 amide bonds. The highest BCUT2D eigenvalue weighted by Gasteiger charge is 2.37. The molecule has 0 spiro atoms. The third-order valence-corrected chi connectivity index (χ3v) is 4.09. The first-order valence-electron chi connectivity index (χ1n) is 8.67. The van der Waals surface area contributed by atoms with E-state index in [0.717, 1.165) is 38.0 Å². The number of hydrogen-bond donors (Lipinski definition) is 2. The van der Waals surface area contributed by atoms with E-state index in [0.29, 0.717) is 22.9 Å². The molecule has 1 aromatic rings. The monoisotopic (exact) mass is 330 g/mol. The summed E-state index contributed by atoms with van der Waals surface area (Å²) >= 11 is 0. The summed E-state index contributed by atoms with van der Waals surface area (Å²) < 4.78 is 0. The molecule has 130 valence electrons. The molecule has 0 aromatic carbocycles. The van der Waals surface area contributed by atoms with Crippen molar-refractivity contribution in [3.05, 3.63) is 29.1 Å². The Balaban J connectivity index is 0.00000100. The third kappa shape index (κ3) is 3.19. The van der Waals surface area contributed by atoms with E-state index < -0.39 is 11.6 Å². The number of nitrogens with one attached hydrogen (secondary N) is 2. The Morgan fingerprint density at radius 2 is 1.83 bits per heavy atom. The topological polar surface area (TPSA) is 78.1 Å². The molecule has 0 saturated carbocycles. The summed E-state index contributed by atoms with van der Waals surface area (Å²) in [6.07, 6.45) is 5.53. The van der Waals surface area contributed by atoms with Crippen LogP contribution in [0.25, 0.3) is 5.57 Å². The minimum Gasteiger partial charge on any atom is -0.341 e. The summed E-state index contributed by atoms with van der Waals surface area (Å²) in [4.78, 5) is 34.2. The maximum atomic E-state index is 12.3. The lowest BCUT2D eigenvalue weighted by molar-refractivity contribution is -0.111. The summed E-state index contributed by atoms with van der Waals surface area (Å²) in [6.45, 7) is 8.41. The van der Waals surface area contributed by atoms with Crippen LogP contribution in [-0.4, -0.2) is 48.2 Å². The first-order valence-corrected chi connectivity index (χ1v) is 8.67. The van der Waals surface area contributed by atoms with E-state index in [1.807, 2.05) is 40.0 Å². The molecule has 2 N–H and O–H groups in total. The number of aromatic nitrogens is 2. The number of carbonyl (C=O) groups is 2. The van der Waals surface area contributed by atoms with Crippen molar-refractivity contribution in [2.45, 2.75) is 33.6 Å². The Bertz CT molecular complexity index is 685. The maximum Gasteiger partial charge on any atom is 0.251 e. The van der Waals surface area contributed by atoms with Crippen LogP contribution in [0.4, 0.5) is 5.95 Å². The minimum absolute atomic E-state index is 0.327. The molecule has 0 unspecified atom stereocenters. The summed E-state index contributed by atoms with van der Waals surface area (Å²) in [5, 5.41) is 3.10. The van der Waals surface area contributed by atoms with Gasteiger partial charge in [0.1, 0.15) is 11.4 Å². The van der Waals surface area contributed by atoms with Gasteiger partial charge in [0.05, 0.1) is 0 Å². The summed E-state index contributed by atoms with van der Waals surface area (Å²) in [5.41, 5.74) is 2.26. The van der Waals surface area contributed by atoms with Gasteiger partial charge in [0.15, 0.2) is 0 Å². The van der Waals surface area contributed by atoms with Gasteiger partial charge in [-0.2, -0.15) is 0 Å². The molecule has 6 heteroatoms. The highest BCUT2D eigenvalue weighted by Crippen LogP contribution is 2.36. The molecule has 2 aliphatic rings. The van der Waals surface area contributed by atoms with Crippen molar-refractivity contribution in [1.82, 2.24) is 15.3 Å². The van der Waals surface area contributed by atoms with Crippen molar-refractivity contribution in [3.63, 3.8) is 0 Å². The largest absolute Gasteiger partial charge is 0.341 e. The SMILES string of the molecule is CC.CCN(CCNC)c1nc2c([nH]1)C(=O)C(=O)C1=CCCC=C12. The summed E-state index contributed by atoms with van der Waals surface area (Å²) in [6, 6.07) is 0. The first kappa shape index (κ1) is 18.1. The standard InChI is InChI=1S/C16H20N4O2.C2H6/c1-3-20(9-8-17-2)16-18-12-10-6-4-5-7-11(10)14(21)15(22)13(12)19-16;1-2/h6-7,17H,3-5,8-9H2,1-2H3,(H,18,19);1-2H3. The van der Waals surface area contributed by atoms with E-state index in [2.05, 4.69) is 20.2 Å². The van der Waals surface area contributed by atoms with E-state index in [1.165, 1.54) is 0 Å². The summed E-state index contributed by atoms with van der Waals surface area (Å²) in [7, 11) is 1.90. The number of Topliss-reactive ketones (excluding diaryl/α,β-unsaturated/α-hetero) is 2. The molecule has 2 aliphatic carbocycles. The average molecular weight is 330 g/mol. The number of nitrogens with zero attached hydrogens (tertiary/aromatic N) is 2. The zero-order valence-corrected chi connectivity index (χ0v) is 14.9. The van der Waals surface area contributed by atoms with Gasteiger partial charge in [-0.3, -0.25) is 9.59 Å². The molecule has 3 rings (SSSR count). The molecular formula is C18H26N4O2. The van der Waals surface area contributed by atoms with Gasteiger partial charge in [-0.05, 0) is 26.8 Å². The molecule has 0 radical (unpaired) electrons. The number of allylic oxidation sites excluding steroid dienone is 4. The van der Waals surface area contributed by atoms with Gasteiger partial charge < -0.3 is 15.2 Å². The number of likely N-dealkylation sites (N-methyl/N-ethyl adjacent to an activating group) is 2. The second kappa shape index (κ2) is 8.06. The minimum atomic E-state index is -0.483. The van der Waals surface area contributed by atoms with Crippen LogP contribution in [0.2, 0.25) is 0 Å². The Morgan fingerprint density at radius 3 is 2.46 bits per heavy atom. The van der Waals surface area contributed by atoms with Gasteiger partial charge >= 0.3 is 0 Å². The van der Waals surface area contributed by atoms with Crippen LogP contribution in [-0.2, 0) is 4.79 Å². The quantitative estimate of drug-likeness (QED) is 0.810. The van der Waals surface area contributed by atoms with Crippen LogP contribution in [0.1, 0.15) is 49.8 Å². The zero-order valence-electron chi connectivity index (χ0n) is 14.9. The summed E-state index contributed by atoms with van der Waals surface area (Å²) in [5.74, 6) is -0.257.